The van der Waals surface area contributed by atoms with Gasteiger partial charge in [-0.3, -0.25) is 0 Å². The van der Waals surface area contributed by atoms with Crippen molar-refractivity contribution in [3.05, 3.63) is 24.3 Å². The van der Waals surface area contributed by atoms with Gasteiger partial charge in [-0.05, 0) is 50.2 Å². The number of hydrogen-bond donors (Lipinski definition) is 1. The standard InChI is InChI=1S/C17H25NS/c1-13(17(2)11-12-17)18-15-9-5-6-10-16(15)19-14-7-3-4-8-14/h5-6,9-10,13-14,18H,3-4,7-8,11-12H2,1-2H3. The van der Waals surface area contributed by atoms with Gasteiger partial charge in [0.15, 0.2) is 0 Å². The van der Waals surface area contributed by atoms with E-state index in [1.165, 1.54) is 49.1 Å². The van der Waals surface area contributed by atoms with Crippen LogP contribution in [0.3, 0.4) is 0 Å². The highest BCUT2D eigenvalue weighted by Gasteiger charge is 2.42. The molecule has 1 unspecified atom stereocenters. The summed E-state index contributed by atoms with van der Waals surface area (Å²) < 4.78 is 0. The van der Waals surface area contributed by atoms with Gasteiger partial charge in [0.2, 0.25) is 0 Å². The van der Waals surface area contributed by atoms with Gasteiger partial charge in [-0.1, -0.05) is 31.9 Å². The van der Waals surface area contributed by atoms with Crippen LogP contribution in [0.15, 0.2) is 29.2 Å². The van der Waals surface area contributed by atoms with Crippen LogP contribution in [0.1, 0.15) is 52.4 Å². The summed E-state index contributed by atoms with van der Waals surface area (Å²) in [7, 11) is 0. The van der Waals surface area contributed by atoms with E-state index in [0.717, 1.165) is 5.25 Å². The Labute approximate surface area is 121 Å². The first-order valence-electron chi connectivity index (χ1n) is 7.70. The Kier molecular flexibility index (Phi) is 3.79. The van der Waals surface area contributed by atoms with Gasteiger partial charge in [-0.15, -0.1) is 11.8 Å². The highest BCUT2D eigenvalue weighted by atomic mass is 32.2. The van der Waals surface area contributed by atoms with Crippen molar-refractivity contribution in [1.82, 2.24) is 0 Å². The lowest BCUT2D eigenvalue weighted by atomic mass is 10.0. The fraction of sp³-hybridized carbons (Fsp3) is 0.647. The maximum atomic E-state index is 3.77. The van der Waals surface area contributed by atoms with E-state index in [4.69, 9.17) is 0 Å². The normalized spacial score (nSPS) is 23.3. The third-order valence-electron chi connectivity index (χ3n) is 4.94. The summed E-state index contributed by atoms with van der Waals surface area (Å²) in [6.45, 7) is 4.74. The molecule has 3 rings (SSSR count). The van der Waals surface area contributed by atoms with Crippen molar-refractivity contribution in [2.24, 2.45) is 5.41 Å². The fourth-order valence-corrected chi connectivity index (χ4v) is 4.25. The molecule has 1 atom stereocenters. The third kappa shape index (κ3) is 3.10. The molecule has 19 heavy (non-hydrogen) atoms. The number of benzene rings is 1. The summed E-state index contributed by atoms with van der Waals surface area (Å²) in [5.74, 6) is 0. The van der Waals surface area contributed by atoms with Crippen molar-refractivity contribution in [1.29, 1.82) is 0 Å². The SMILES string of the molecule is CC(Nc1ccccc1SC1CCCC1)C1(C)CC1. The van der Waals surface area contributed by atoms with Gasteiger partial charge in [0.25, 0.3) is 0 Å². The molecule has 2 fully saturated rings. The van der Waals surface area contributed by atoms with E-state index in [0.29, 0.717) is 11.5 Å². The topological polar surface area (TPSA) is 12.0 Å². The van der Waals surface area contributed by atoms with Gasteiger partial charge in [-0.2, -0.15) is 0 Å². The fourth-order valence-electron chi connectivity index (χ4n) is 2.91. The molecule has 0 aliphatic heterocycles. The molecule has 0 amide bonds. The highest BCUT2D eigenvalue weighted by molar-refractivity contribution is 8.00. The van der Waals surface area contributed by atoms with Crippen LogP contribution < -0.4 is 5.32 Å². The molecule has 104 valence electrons. The molecule has 0 spiro atoms. The number of nitrogens with one attached hydrogen (secondary N) is 1. The zero-order chi connectivity index (χ0) is 13.3. The predicted molar refractivity (Wildman–Crippen MR) is 85.0 cm³/mol. The van der Waals surface area contributed by atoms with Gasteiger partial charge in [0, 0.05) is 21.9 Å². The Balaban J connectivity index is 1.69. The summed E-state index contributed by atoms with van der Waals surface area (Å²) >= 11 is 2.09. The Morgan fingerprint density at radius 3 is 2.58 bits per heavy atom. The smallest absolute Gasteiger partial charge is 0.0480 e. The van der Waals surface area contributed by atoms with Crippen LogP contribution in [-0.4, -0.2) is 11.3 Å². The predicted octanol–water partition coefficient (Wildman–Crippen LogP) is 5.32. The second kappa shape index (κ2) is 5.40. The molecule has 0 aromatic heterocycles. The average Bonchev–Trinajstić information content (AvgIpc) is 2.96. The molecular weight excluding hydrogens is 250 g/mol. The van der Waals surface area contributed by atoms with Crippen LogP contribution in [0.4, 0.5) is 5.69 Å². The minimum Gasteiger partial charge on any atom is -0.381 e. The molecule has 0 bridgehead atoms. The van der Waals surface area contributed by atoms with Crippen molar-refractivity contribution in [3.8, 4) is 0 Å². The van der Waals surface area contributed by atoms with Gasteiger partial charge in [0.05, 0.1) is 0 Å². The van der Waals surface area contributed by atoms with E-state index in [-0.39, 0.29) is 0 Å². The number of para-hydroxylation sites is 1. The van der Waals surface area contributed by atoms with Crippen molar-refractivity contribution in [2.45, 2.75) is 68.6 Å². The molecule has 2 aliphatic carbocycles. The zero-order valence-electron chi connectivity index (χ0n) is 12.1. The molecule has 1 N–H and O–H groups in total. The molecule has 0 saturated heterocycles. The maximum absolute atomic E-state index is 3.77. The zero-order valence-corrected chi connectivity index (χ0v) is 12.9. The second-order valence-electron chi connectivity index (χ2n) is 6.54. The molecule has 0 radical (unpaired) electrons. The van der Waals surface area contributed by atoms with E-state index in [1.54, 1.807) is 0 Å². The van der Waals surface area contributed by atoms with Crippen LogP contribution in [0, 0.1) is 5.41 Å². The Hall–Kier alpha value is -0.630. The summed E-state index contributed by atoms with van der Waals surface area (Å²) in [5.41, 5.74) is 1.88. The quantitative estimate of drug-likeness (QED) is 0.780. The van der Waals surface area contributed by atoms with Crippen molar-refractivity contribution >= 4 is 17.4 Å². The van der Waals surface area contributed by atoms with E-state index in [2.05, 4.69) is 55.2 Å². The monoisotopic (exact) mass is 275 g/mol. The average molecular weight is 275 g/mol. The molecule has 1 aromatic carbocycles. The number of hydrogen-bond acceptors (Lipinski definition) is 2. The highest BCUT2D eigenvalue weighted by Crippen LogP contribution is 2.49. The Morgan fingerprint density at radius 1 is 1.21 bits per heavy atom. The van der Waals surface area contributed by atoms with E-state index in [9.17, 15) is 0 Å². The van der Waals surface area contributed by atoms with E-state index >= 15 is 0 Å². The van der Waals surface area contributed by atoms with Crippen LogP contribution >= 0.6 is 11.8 Å². The lowest BCUT2D eigenvalue weighted by Gasteiger charge is -2.24. The van der Waals surface area contributed by atoms with Crippen LogP contribution in [-0.2, 0) is 0 Å². The summed E-state index contributed by atoms with van der Waals surface area (Å²) in [4.78, 5) is 1.45. The van der Waals surface area contributed by atoms with Crippen LogP contribution in [0.25, 0.3) is 0 Å². The van der Waals surface area contributed by atoms with E-state index in [1.807, 2.05) is 0 Å². The number of thioether (sulfide) groups is 1. The first-order chi connectivity index (χ1) is 9.17. The van der Waals surface area contributed by atoms with Gasteiger partial charge in [-0.25, -0.2) is 0 Å². The summed E-state index contributed by atoms with van der Waals surface area (Å²) in [6, 6.07) is 9.44. The third-order valence-corrected chi connectivity index (χ3v) is 6.35. The first kappa shape index (κ1) is 13.4. The molecule has 2 heteroatoms. The van der Waals surface area contributed by atoms with Gasteiger partial charge < -0.3 is 5.32 Å². The minimum atomic E-state index is 0.533. The van der Waals surface area contributed by atoms with Crippen molar-refractivity contribution in [2.75, 3.05) is 5.32 Å². The largest absolute Gasteiger partial charge is 0.381 e. The van der Waals surface area contributed by atoms with Crippen LogP contribution in [0.5, 0.6) is 0 Å². The first-order valence-corrected chi connectivity index (χ1v) is 8.58. The maximum Gasteiger partial charge on any atom is 0.0480 e. The molecule has 1 aromatic rings. The molecular formula is C17H25NS. The van der Waals surface area contributed by atoms with Crippen molar-refractivity contribution < 1.29 is 0 Å². The van der Waals surface area contributed by atoms with Crippen LogP contribution in [0.2, 0.25) is 0 Å². The molecule has 2 aliphatic rings. The number of rotatable bonds is 5. The summed E-state index contributed by atoms with van der Waals surface area (Å²) in [6.07, 6.45) is 8.38. The molecule has 2 saturated carbocycles. The van der Waals surface area contributed by atoms with Crippen molar-refractivity contribution in [3.63, 3.8) is 0 Å². The minimum absolute atomic E-state index is 0.533. The van der Waals surface area contributed by atoms with Gasteiger partial charge >= 0.3 is 0 Å². The molecule has 1 nitrogen and oxygen atoms in total. The lowest BCUT2D eigenvalue weighted by Crippen LogP contribution is -2.25. The molecule has 0 heterocycles. The second-order valence-corrected chi connectivity index (χ2v) is 7.88. The Morgan fingerprint density at radius 2 is 1.89 bits per heavy atom. The lowest BCUT2D eigenvalue weighted by molar-refractivity contribution is 0.492. The van der Waals surface area contributed by atoms with Gasteiger partial charge in [0.1, 0.15) is 0 Å². The Bertz CT molecular complexity index is 433. The van der Waals surface area contributed by atoms with E-state index < -0.39 is 0 Å². The number of anilines is 1. The summed E-state index contributed by atoms with van der Waals surface area (Å²) in [5, 5.41) is 4.61.